The maximum atomic E-state index is 11.9. The fourth-order valence-electron chi connectivity index (χ4n) is 2.98. The molecule has 0 saturated heterocycles. The van der Waals surface area contributed by atoms with Gasteiger partial charge in [0.25, 0.3) is 0 Å². The average Bonchev–Trinajstić information content (AvgIpc) is 2.67. The molecule has 5 heteroatoms. The van der Waals surface area contributed by atoms with Gasteiger partial charge in [-0.25, -0.2) is 4.79 Å². The topological polar surface area (TPSA) is 59.4 Å². The minimum atomic E-state index is -1.01. The number of carboxylic acids is 1. The second kappa shape index (κ2) is 9.02. The van der Waals surface area contributed by atoms with Crippen LogP contribution in [0.1, 0.15) is 35.6 Å². The Morgan fingerprint density at radius 1 is 1.07 bits per heavy atom. The summed E-state index contributed by atoms with van der Waals surface area (Å²) in [7, 11) is 0. The van der Waals surface area contributed by atoms with E-state index in [1.165, 1.54) is 0 Å². The molecule has 28 heavy (non-hydrogen) atoms. The van der Waals surface area contributed by atoms with Gasteiger partial charge in [-0.15, -0.1) is 0 Å². The third-order valence-electron chi connectivity index (χ3n) is 4.29. The van der Waals surface area contributed by atoms with Gasteiger partial charge in [-0.3, -0.25) is 4.98 Å². The summed E-state index contributed by atoms with van der Waals surface area (Å²) in [6.07, 6.45) is 0.754. The summed E-state index contributed by atoms with van der Waals surface area (Å²) in [6, 6.07) is 18.9. The molecular weight excluding hydrogens is 418 g/mol. The van der Waals surface area contributed by atoms with E-state index in [2.05, 4.69) is 29.8 Å². The van der Waals surface area contributed by atoms with Crippen molar-refractivity contribution in [2.24, 2.45) is 5.92 Å². The molecule has 1 N–H and O–H groups in total. The normalized spacial score (nSPS) is 10.9. The summed E-state index contributed by atoms with van der Waals surface area (Å²) in [6.45, 7) is 4.36. The molecule has 0 fully saturated rings. The standard InChI is InChI=1S/C23H22BrNO3/c1-15(2)12-21-19(16-8-10-17(24)11-9-16)13-20(23(26)27)22(25-21)14-28-18-6-4-3-5-7-18/h3-11,13,15H,12,14H2,1-2H3,(H,26,27). The molecule has 0 aliphatic rings. The average molecular weight is 440 g/mol. The SMILES string of the molecule is CC(C)Cc1nc(COc2ccccc2)c(C(=O)O)cc1-c1ccc(Br)cc1. The van der Waals surface area contributed by atoms with Gasteiger partial charge >= 0.3 is 5.97 Å². The zero-order valence-electron chi connectivity index (χ0n) is 15.9. The number of pyridine rings is 1. The zero-order chi connectivity index (χ0) is 20.1. The molecule has 4 nitrogen and oxygen atoms in total. The van der Waals surface area contributed by atoms with Crippen molar-refractivity contribution in [3.05, 3.63) is 82.1 Å². The van der Waals surface area contributed by atoms with Crippen molar-refractivity contribution in [1.82, 2.24) is 4.98 Å². The molecule has 2 aromatic carbocycles. The van der Waals surface area contributed by atoms with Gasteiger partial charge in [0.2, 0.25) is 0 Å². The van der Waals surface area contributed by atoms with Gasteiger partial charge in [-0.2, -0.15) is 0 Å². The van der Waals surface area contributed by atoms with E-state index < -0.39 is 5.97 Å². The lowest BCUT2D eigenvalue weighted by atomic mass is 9.95. The fraction of sp³-hybridized carbons (Fsp3) is 0.217. The maximum Gasteiger partial charge on any atom is 0.337 e. The van der Waals surface area contributed by atoms with E-state index in [9.17, 15) is 9.90 Å². The van der Waals surface area contributed by atoms with E-state index in [1.807, 2.05) is 54.6 Å². The molecule has 144 valence electrons. The number of rotatable bonds is 7. The number of aromatic carboxylic acids is 1. The monoisotopic (exact) mass is 439 g/mol. The number of aromatic nitrogens is 1. The highest BCUT2D eigenvalue weighted by molar-refractivity contribution is 9.10. The molecule has 1 aromatic heterocycles. The number of hydrogen-bond donors (Lipinski definition) is 1. The van der Waals surface area contributed by atoms with Crippen LogP contribution >= 0.6 is 15.9 Å². The molecule has 0 saturated carbocycles. The number of hydrogen-bond acceptors (Lipinski definition) is 3. The van der Waals surface area contributed by atoms with E-state index >= 15 is 0 Å². The Kier molecular flexibility index (Phi) is 6.47. The van der Waals surface area contributed by atoms with Crippen molar-refractivity contribution < 1.29 is 14.6 Å². The molecule has 3 rings (SSSR count). The molecule has 0 atom stereocenters. The van der Waals surface area contributed by atoms with E-state index in [0.29, 0.717) is 17.4 Å². The number of halogens is 1. The first-order valence-electron chi connectivity index (χ1n) is 9.14. The van der Waals surface area contributed by atoms with Gasteiger partial charge in [0, 0.05) is 15.7 Å². The van der Waals surface area contributed by atoms with E-state index in [-0.39, 0.29) is 12.2 Å². The van der Waals surface area contributed by atoms with Gasteiger partial charge in [0.1, 0.15) is 12.4 Å². The number of nitrogens with zero attached hydrogens (tertiary/aromatic N) is 1. The van der Waals surface area contributed by atoms with Crippen LogP contribution in [0.5, 0.6) is 5.75 Å². The Labute approximate surface area is 173 Å². The van der Waals surface area contributed by atoms with Crippen LogP contribution < -0.4 is 4.74 Å². The van der Waals surface area contributed by atoms with Crippen molar-refractivity contribution in [1.29, 1.82) is 0 Å². The maximum absolute atomic E-state index is 11.9. The smallest absolute Gasteiger partial charge is 0.337 e. The second-order valence-electron chi connectivity index (χ2n) is 6.99. The van der Waals surface area contributed by atoms with Crippen molar-refractivity contribution in [2.75, 3.05) is 0 Å². The lowest BCUT2D eigenvalue weighted by Gasteiger charge is -2.16. The molecule has 3 aromatic rings. The highest BCUT2D eigenvalue weighted by Gasteiger charge is 2.19. The Balaban J connectivity index is 2.03. The van der Waals surface area contributed by atoms with Crippen LogP contribution in [0.25, 0.3) is 11.1 Å². The van der Waals surface area contributed by atoms with E-state index in [0.717, 1.165) is 27.7 Å². The molecule has 0 spiro atoms. The van der Waals surface area contributed by atoms with Crippen LogP contribution in [-0.2, 0) is 13.0 Å². The van der Waals surface area contributed by atoms with Gasteiger partial charge in [0.05, 0.1) is 11.3 Å². The number of benzene rings is 2. The zero-order valence-corrected chi connectivity index (χ0v) is 17.4. The predicted octanol–water partition coefficient (Wildman–Crippen LogP) is 5.99. The Morgan fingerprint density at radius 2 is 1.75 bits per heavy atom. The van der Waals surface area contributed by atoms with Crippen molar-refractivity contribution in [3.63, 3.8) is 0 Å². The minimum absolute atomic E-state index is 0.108. The first kappa shape index (κ1) is 20.1. The van der Waals surface area contributed by atoms with Crippen LogP contribution in [0.15, 0.2) is 65.1 Å². The molecule has 0 aliphatic heterocycles. The van der Waals surface area contributed by atoms with Crippen molar-refractivity contribution in [3.8, 4) is 16.9 Å². The van der Waals surface area contributed by atoms with Crippen LogP contribution in [0.3, 0.4) is 0 Å². The Hall–Kier alpha value is -2.66. The molecular formula is C23H22BrNO3. The largest absolute Gasteiger partial charge is 0.487 e. The summed E-state index contributed by atoms with van der Waals surface area (Å²) in [4.78, 5) is 16.6. The quantitative estimate of drug-likeness (QED) is 0.491. The Morgan fingerprint density at radius 3 is 2.36 bits per heavy atom. The number of carboxylic acid groups (broad SMARTS) is 1. The molecule has 0 radical (unpaired) electrons. The molecule has 0 unspecified atom stereocenters. The molecule has 1 heterocycles. The van der Waals surface area contributed by atoms with Crippen LogP contribution in [0.2, 0.25) is 0 Å². The Bertz CT molecular complexity index is 954. The number of para-hydroxylation sites is 1. The number of carbonyl (C=O) groups is 1. The lowest BCUT2D eigenvalue weighted by Crippen LogP contribution is -2.12. The summed E-state index contributed by atoms with van der Waals surface area (Å²) >= 11 is 3.44. The molecule has 0 aliphatic carbocycles. The first-order valence-corrected chi connectivity index (χ1v) is 9.93. The highest BCUT2D eigenvalue weighted by Crippen LogP contribution is 2.29. The summed E-state index contributed by atoms with van der Waals surface area (Å²) in [5, 5.41) is 9.75. The third-order valence-corrected chi connectivity index (χ3v) is 4.82. The van der Waals surface area contributed by atoms with Crippen LogP contribution in [-0.4, -0.2) is 16.1 Å². The fourth-order valence-corrected chi connectivity index (χ4v) is 3.24. The lowest BCUT2D eigenvalue weighted by molar-refractivity contribution is 0.0693. The summed E-state index contributed by atoms with van der Waals surface area (Å²) < 4.78 is 6.75. The molecule has 0 amide bonds. The molecule has 0 bridgehead atoms. The van der Waals surface area contributed by atoms with Gasteiger partial charge in [-0.1, -0.05) is 60.1 Å². The summed E-state index contributed by atoms with van der Waals surface area (Å²) in [5.74, 6) is 0.0666. The van der Waals surface area contributed by atoms with Gasteiger partial charge in [-0.05, 0) is 48.2 Å². The summed E-state index contributed by atoms with van der Waals surface area (Å²) in [5.41, 5.74) is 3.29. The van der Waals surface area contributed by atoms with E-state index in [1.54, 1.807) is 6.07 Å². The van der Waals surface area contributed by atoms with Crippen LogP contribution in [0, 0.1) is 5.92 Å². The number of ether oxygens (including phenoxy) is 1. The van der Waals surface area contributed by atoms with Crippen molar-refractivity contribution >= 4 is 21.9 Å². The van der Waals surface area contributed by atoms with E-state index in [4.69, 9.17) is 9.72 Å². The predicted molar refractivity (Wildman–Crippen MR) is 114 cm³/mol. The van der Waals surface area contributed by atoms with Crippen LogP contribution in [0.4, 0.5) is 0 Å². The highest BCUT2D eigenvalue weighted by atomic mass is 79.9. The second-order valence-corrected chi connectivity index (χ2v) is 7.90. The van der Waals surface area contributed by atoms with Gasteiger partial charge in [0.15, 0.2) is 0 Å². The third kappa shape index (κ3) is 4.98. The first-order chi connectivity index (χ1) is 13.4. The minimum Gasteiger partial charge on any atom is -0.487 e. The van der Waals surface area contributed by atoms with Gasteiger partial charge < -0.3 is 9.84 Å². The van der Waals surface area contributed by atoms with Crippen molar-refractivity contribution in [2.45, 2.75) is 26.9 Å².